The zero-order valence-corrected chi connectivity index (χ0v) is 17.5. The number of carbonyl (C=O) groups is 2. The third kappa shape index (κ3) is 2.81. The minimum Gasteiger partial charge on any atom is -0.467 e. The van der Waals surface area contributed by atoms with E-state index in [0.29, 0.717) is 0 Å². The molecule has 2 aromatic carbocycles. The van der Waals surface area contributed by atoms with Gasteiger partial charge < -0.3 is 9.64 Å². The van der Waals surface area contributed by atoms with Crippen molar-refractivity contribution in [2.45, 2.75) is 44.2 Å². The number of aryl methyl sites for hydroxylation is 1. The molecule has 1 saturated carbocycles. The van der Waals surface area contributed by atoms with E-state index in [1.165, 1.54) is 5.56 Å². The molecule has 2 bridgehead atoms. The smallest absolute Gasteiger partial charge is 0.236 e. The lowest BCUT2D eigenvalue weighted by Gasteiger charge is -2.59. The monoisotopic (exact) mass is 401 g/mol. The van der Waals surface area contributed by atoms with Crippen LogP contribution < -0.4 is 4.74 Å². The van der Waals surface area contributed by atoms with Crippen LogP contribution in [-0.4, -0.2) is 29.4 Å². The number of allylic oxidation sites excluding steroid dienone is 1. The van der Waals surface area contributed by atoms with Gasteiger partial charge in [0.25, 0.3) is 0 Å². The highest BCUT2D eigenvalue weighted by atomic mass is 16.5. The van der Waals surface area contributed by atoms with Crippen LogP contribution in [0, 0.1) is 18.8 Å². The summed E-state index contributed by atoms with van der Waals surface area (Å²) in [4.78, 5) is 28.6. The average molecular weight is 402 g/mol. The summed E-state index contributed by atoms with van der Waals surface area (Å²) in [6.45, 7) is 2.04. The summed E-state index contributed by atoms with van der Waals surface area (Å²) in [5, 5.41) is 0. The second kappa shape index (κ2) is 7.12. The van der Waals surface area contributed by atoms with Gasteiger partial charge in [-0.25, -0.2) is 0 Å². The van der Waals surface area contributed by atoms with Crippen LogP contribution in [-0.2, 0) is 9.59 Å². The average Bonchev–Trinajstić information content (AvgIpc) is 2.77. The lowest BCUT2D eigenvalue weighted by molar-refractivity contribution is -0.201. The number of amides is 1. The van der Waals surface area contributed by atoms with E-state index in [4.69, 9.17) is 4.74 Å². The van der Waals surface area contributed by atoms with E-state index in [0.717, 1.165) is 42.6 Å². The molecule has 4 heteroatoms. The number of ether oxygens (including phenoxy) is 1. The van der Waals surface area contributed by atoms with Crippen LogP contribution in [0.5, 0.6) is 5.75 Å². The number of carbonyl (C=O) groups excluding carboxylic acids is 2. The van der Waals surface area contributed by atoms with Crippen molar-refractivity contribution >= 4 is 17.8 Å². The molecular weight excluding hydrogens is 374 g/mol. The van der Waals surface area contributed by atoms with E-state index in [1.54, 1.807) is 11.0 Å². The Morgan fingerprint density at radius 2 is 1.90 bits per heavy atom. The topological polar surface area (TPSA) is 46.6 Å². The molecule has 4 nitrogen and oxygen atoms in total. The Morgan fingerprint density at radius 3 is 2.70 bits per heavy atom. The summed E-state index contributed by atoms with van der Waals surface area (Å²) in [6.07, 6.45) is 7.36. The number of benzene rings is 2. The summed E-state index contributed by atoms with van der Waals surface area (Å²) in [7, 11) is 1.81. The Labute approximate surface area is 177 Å². The lowest BCUT2D eigenvalue weighted by Crippen LogP contribution is -2.69. The van der Waals surface area contributed by atoms with Crippen molar-refractivity contribution in [3.8, 4) is 5.75 Å². The molecule has 0 aromatic heterocycles. The van der Waals surface area contributed by atoms with Gasteiger partial charge in [0.2, 0.25) is 5.91 Å². The number of rotatable bonds is 3. The van der Waals surface area contributed by atoms with Gasteiger partial charge in [0.15, 0.2) is 11.5 Å². The van der Waals surface area contributed by atoms with Gasteiger partial charge in [0, 0.05) is 25.3 Å². The number of likely N-dealkylation sites (tertiary alicyclic amines) is 1. The normalized spacial score (nSPS) is 29.9. The summed E-state index contributed by atoms with van der Waals surface area (Å²) in [5.41, 5.74) is 2.52. The van der Waals surface area contributed by atoms with Gasteiger partial charge in [-0.15, -0.1) is 0 Å². The van der Waals surface area contributed by atoms with Crippen molar-refractivity contribution in [2.75, 3.05) is 7.05 Å². The van der Waals surface area contributed by atoms with Gasteiger partial charge in [0.1, 0.15) is 11.7 Å². The maximum Gasteiger partial charge on any atom is 0.236 e. The Bertz CT molecular complexity index is 1020. The number of ketones is 1. The maximum absolute atomic E-state index is 13.5. The van der Waals surface area contributed by atoms with E-state index >= 15 is 0 Å². The first-order chi connectivity index (χ1) is 14.5. The van der Waals surface area contributed by atoms with Gasteiger partial charge in [-0.05, 0) is 43.0 Å². The number of piperidine rings is 1. The van der Waals surface area contributed by atoms with Crippen molar-refractivity contribution in [1.29, 1.82) is 0 Å². The van der Waals surface area contributed by atoms with Crippen molar-refractivity contribution < 1.29 is 14.3 Å². The van der Waals surface area contributed by atoms with Gasteiger partial charge in [-0.3, -0.25) is 9.59 Å². The number of fused-ring (bicyclic) bond motifs is 2. The Balaban J connectivity index is 1.56. The van der Waals surface area contributed by atoms with E-state index in [2.05, 4.69) is 0 Å². The molecule has 2 aromatic rings. The van der Waals surface area contributed by atoms with Crippen LogP contribution in [0.25, 0.3) is 6.08 Å². The van der Waals surface area contributed by atoms with Crippen molar-refractivity contribution in [3.05, 3.63) is 71.3 Å². The van der Waals surface area contributed by atoms with Crippen LogP contribution in [0.2, 0.25) is 0 Å². The van der Waals surface area contributed by atoms with Gasteiger partial charge >= 0.3 is 0 Å². The van der Waals surface area contributed by atoms with Crippen molar-refractivity contribution in [1.82, 2.24) is 4.90 Å². The molecule has 0 spiro atoms. The fourth-order valence-electron chi connectivity index (χ4n) is 5.70. The summed E-state index contributed by atoms with van der Waals surface area (Å²) in [6, 6.07) is 16.0. The van der Waals surface area contributed by atoms with Crippen molar-refractivity contribution in [2.24, 2.45) is 11.8 Å². The molecule has 0 radical (unpaired) electrons. The first-order valence-electron chi connectivity index (χ1n) is 10.9. The molecular formula is C26H27NO3. The second-order valence-corrected chi connectivity index (χ2v) is 8.88. The summed E-state index contributed by atoms with van der Waals surface area (Å²) < 4.78 is 6.52. The molecule has 4 unspecified atom stereocenters. The highest BCUT2D eigenvalue weighted by Crippen LogP contribution is 2.58. The highest BCUT2D eigenvalue weighted by Gasteiger charge is 2.63. The number of hydrogen-bond donors (Lipinski definition) is 0. The number of hydrogen-bond acceptors (Lipinski definition) is 3. The second-order valence-electron chi connectivity index (χ2n) is 8.88. The van der Waals surface area contributed by atoms with E-state index < -0.39 is 11.6 Å². The summed E-state index contributed by atoms with van der Waals surface area (Å²) in [5.74, 6) is -0.0995. The quantitative estimate of drug-likeness (QED) is 0.552. The van der Waals surface area contributed by atoms with E-state index in [-0.39, 0.29) is 23.5 Å². The Hall–Kier alpha value is -2.88. The third-order valence-electron chi connectivity index (χ3n) is 7.23. The van der Waals surface area contributed by atoms with E-state index in [1.807, 2.05) is 68.6 Å². The molecule has 5 rings (SSSR count). The van der Waals surface area contributed by atoms with Gasteiger partial charge in [-0.1, -0.05) is 60.5 Å². The molecule has 1 saturated heterocycles. The predicted molar refractivity (Wildman–Crippen MR) is 116 cm³/mol. The number of nitrogens with zero attached hydrogens (tertiary/aromatic N) is 1. The molecule has 2 heterocycles. The van der Waals surface area contributed by atoms with Gasteiger partial charge in [0.05, 0.1) is 0 Å². The molecule has 154 valence electrons. The molecule has 0 N–H and O–H groups in total. The highest BCUT2D eigenvalue weighted by molar-refractivity contribution is 6.10. The first-order valence-corrected chi connectivity index (χ1v) is 10.9. The summed E-state index contributed by atoms with van der Waals surface area (Å²) >= 11 is 0. The molecule has 3 aliphatic rings. The third-order valence-corrected chi connectivity index (χ3v) is 7.23. The minimum absolute atomic E-state index is 0.117. The fraction of sp³-hybridized carbons (Fsp3) is 0.385. The van der Waals surface area contributed by atoms with Crippen LogP contribution in [0.1, 0.15) is 48.3 Å². The SMILES string of the molecule is Cc1ccc(/C=C/C(=O)C2C(=O)N(C)C34CCCCC3C2c2ccccc2O4)cc1. The number of para-hydroxylation sites is 1. The molecule has 4 atom stereocenters. The van der Waals surface area contributed by atoms with Crippen LogP contribution >= 0.6 is 0 Å². The molecule has 30 heavy (non-hydrogen) atoms. The lowest BCUT2D eigenvalue weighted by atomic mass is 9.60. The molecule has 2 aliphatic heterocycles. The molecule has 2 fully saturated rings. The van der Waals surface area contributed by atoms with E-state index in [9.17, 15) is 9.59 Å². The minimum atomic E-state index is -0.696. The Morgan fingerprint density at radius 1 is 1.13 bits per heavy atom. The predicted octanol–water partition coefficient (Wildman–Crippen LogP) is 4.73. The zero-order chi connectivity index (χ0) is 20.9. The van der Waals surface area contributed by atoms with Crippen LogP contribution in [0.3, 0.4) is 0 Å². The largest absolute Gasteiger partial charge is 0.467 e. The standard InChI is InChI=1S/C26H27NO3/c1-17-10-12-18(13-11-17)14-15-21(28)24-23-19-7-3-4-9-22(19)30-26(27(2)25(24)29)16-6-5-8-20(23)26/h3-4,7,9-15,20,23-24H,5-6,8,16H2,1-2H3/b15-14+. The zero-order valence-electron chi connectivity index (χ0n) is 17.5. The van der Waals surface area contributed by atoms with Gasteiger partial charge in [-0.2, -0.15) is 0 Å². The van der Waals surface area contributed by atoms with Crippen LogP contribution in [0.15, 0.2) is 54.6 Å². The Kier molecular flexibility index (Phi) is 4.53. The molecule has 1 aliphatic carbocycles. The fourth-order valence-corrected chi connectivity index (χ4v) is 5.70. The molecule has 1 amide bonds. The van der Waals surface area contributed by atoms with Crippen LogP contribution in [0.4, 0.5) is 0 Å². The first kappa shape index (κ1) is 19.1. The van der Waals surface area contributed by atoms with Crippen molar-refractivity contribution in [3.63, 3.8) is 0 Å². The maximum atomic E-state index is 13.5.